The number of fused-ring (bicyclic) bond motifs is 1. The molecule has 4 heteroatoms. The Labute approximate surface area is 106 Å². The van der Waals surface area contributed by atoms with Gasteiger partial charge in [-0.25, -0.2) is 4.79 Å². The fraction of sp³-hybridized carbons (Fsp3) is 0.286. The van der Waals surface area contributed by atoms with Crippen molar-refractivity contribution < 1.29 is 9.53 Å². The summed E-state index contributed by atoms with van der Waals surface area (Å²) in [6.45, 7) is 5.49. The Morgan fingerprint density at radius 3 is 2.78 bits per heavy atom. The fourth-order valence-corrected chi connectivity index (χ4v) is 1.57. The van der Waals surface area contributed by atoms with E-state index < -0.39 is 11.7 Å². The van der Waals surface area contributed by atoms with Crippen molar-refractivity contribution in [3.63, 3.8) is 0 Å². The zero-order valence-electron chi connectivity index (χ0n) is 10.7. The molecule has 0 fully saturated rings. The number of nitrogens with one attached hydrogen (secondary N) is 1. The minimum atomic E-state index is -0.498. The van der Waals surface area contributed by atoms with E-state index in [9.17, 15) is 4.79 Å². The topological polar surface area (TPSA) is 51.2 Å². The molecular weight excluding hydrogens is 228 g/mol. The third-order valence-corrected chi connectivity index (χ3v) is 2.25. The lowest BCUT2D eigenvalue weighted by molar-refractivity contribution is 0.0636. The van der Waals surface area contributed by atoms with E-state index in [1.165, 1.54) is 0 Å². The van der Waals surface area contributed by atoms with Crippen LogP contribution in [0.3, 0.4) is 0 Å². The quantitative estimate of drug-likeness (QED) is 0.834. The van der Waals surface area contributed by atoms with E-state index in [4.69, 9.17) is 4.74 Å². The molecule has 0 saturated carbocycles. The third kappa shape index (κ3) is 3.20. The summed E-state index contributed by atoms with van der Waals surface area (Å²) in [7, 11) is 0. The van der Waals surface area contributed by atoms with E-state index in [2.05, 4.69) is 10.3 Å². The molecule has 0 unspecified atom stereocenters. The Kier molecular flexibility index (Phi) is 3.19. The van der Waals surface area contributed by atoms with Gasteiger partial charge in [-0.15, -0.1) is 0 Å². The number of rotatable bonds is 1. The van der Waals surface area contributed by atoms with Crippen LogP contribution in [0.1, 0.15) is 20.8 Å². The average molecular weight is 244 g/mol. The van der Waals surface area contributed by atoms with Crippen molar-refractivity contribution in [2.75, 3.05) is 5.32 Å². The van der Waals surface area contributed by atoms with Crippen LogP contribution in [-0.4, -0.2) is 16.7 Å². The van der Waals surface area contributed by atoms with E-state index in [-0.39, 0.29) is 0 Å². The van der Waals surface area contributed by atoms with Gasteiger partial charge in [0.1, 0.15) is 5.60 Å². The van der Waals surface area contributed by atoms with Crippen molar-refractivity contribution in [1.29, 1.82) is 0 Å². The molecule has 18 heavy (non-hydrogen) atoms. The Hall–Kier alpha value is -2.10. The normalized spacial score (nSPS) is 11.3. The van der Waals surface area contributed by atoms with Crippen LogP contribution in [0.5, 0.6) is 0 Å². The van der Waals surface area contributed by atoms with Gasteiger partial charge >= 0.3 is 6.09 Å². The van der Waals surface area contributed by atoms with Crippen LogP contribution in [0.25, 0.3) is 10.9 Å². The van der Waals surface area contributed by atoms with Crippen molar-refractivity contribution in [3.8, 4) is 0 Å². The number of amides is 1. The molecule has 0 aliphatic carbocycles. The van der Waals surface area contributed by atoms with E-state index in [0.717, 1.165) is 10.9 Å². The number of hydrogen-bond acceptors (Lipinski definition) is 3. The molecule has 0 saturated heterocycles. The summed E-state index contributed by atoms with van der Waals surface area (Å²) >= 11 is 0. The maximum atomic E-state index is 11.6. The van der Waals surface area contributed by atoms with E-state index >= 15 is 0 Å². The zero-order chi connectivity index (χ0) is 13.2. The van der Waals surface area contributed by atoms with Gasteiger partial charge in [-0.05, 0) is 45.0 Å². The largest absolute Gasteiger partial charge is 0.444 e. The molecule has 2 aromatic rings. The highest BCUT2D eigenvalue weighted by atomic mass is 16.6. The minimum Gasteiger partial charge on any atom is -0.444 e. The SMILES string of the molecule is CC(C)(C)OC(=O)Nc1ccc2ncccc2c1. The number of benzene rings is 1. The van der Waals surface area contributed by atoms with Gasteiger partial charge in [0.05, 0.1) is 5.52 Å². The lowest BCUT2D eigenvalue weighted by atomic mass is 10.2. The first-order chi connectivity index (χ1) is 8.44. The molecule has 0 spiro atoms. The molecule has 1 aromatic heterocycles. The van der Waals surface area contributed by atoms with E-state index in [1.54, 1.807) is 12.3 Å². The van der Waals surface area contributed by atoms with Crippen molar-refractivity contribution in [2.24, 2.45) is 0 Å². The number of nitrogens with zero attached hydrogens (tertiary/aromatic N) is 1. The van der Waals surface area contributed by atoms with Crippen LogP contribution in [-0.2, 0) is 4.74 Å². The summed E-state index contributed by atoms with van der Waals surface area (Å²) in [6, 6.07) is 9.34. The molecule has 1 aromatic carbocycles. The minimum absolute atomic E-state index is 0.453. The first kappa shape index (κ1) is 12.4. The van der Waals surface area contributed by atoms with Crippen LogP contribution in [0.2, 0.25) is 0 Å². The number of pyridine rings is 1. The van der Waals surface area contributed by atoms with Crippen LogP contribution in [0.15, 0.2) is 36.5 Å². The summed E-state index contributed by atoms with van der Waals surface area (Å²) < 4.78 is 5.19. The lowest BCUT2D eigenvalue weighted by Gasteiger charge is -2.19. The van der Waals surface area contributed by atoms with Gasteiger partial charge in [-0.2, -0.15) is 0 Å². The van der Waals surface area contributed by atoms with Gasteiger partial charge in [0.15, 0.2) is 0 Å². The highest BCUT2D eigenvalue weighted by Crippen LogP contribution is 2.18. The van der Waals surface area contributed by atoms with Crippen LogP contribution < -0.4 is 5.32 Å². The second kappa shape index (κ2) is 4.64. The summed E-state index contributed by atoms with van der Waals surface area (Å²) in [4.78, 5) is 15.8. The van der Waals surface area contributed by atoms with Gasteiger partial charge in [0, 0.05) is 17.3 Å². The number of ether oxygens (including phenoxy) is 1. The highest BCUT2D eigenvalue weighted by molar-refractivity contribution is 5.89. The predicted octanol–water partition coefficient (Wildman–Crippen LogP) is 3.58. The van der Waals surface area contributed by atoms with Crippen molar-refractivity contribution in [3.05, 3.63) is 36.5 Å². The maximum absolute atomic E-state index is 11.6. The number of aromatic nitrogens is 1. The molecular formula is C14H16N2O2. The van der Waals surface area contributed by atoms with Gasteiger partial charge in [0.2, 0.25) is 0 Å². The third-order valence-electron chi connectivity index (χ3n) is 2.25. The summed E-state index contributed by atoms with van der Waals surface area (Å²) in [5, 5.41) is 3.68. The molecule has 0 bridgehead atoms. The predicted molar refractivity (Wildman–Crippen MR) is 71.6 cm³/mol. The molecule has 0 atom stereocenters. The number of carbonyl (C=O) groups excluding carboxylic acids is 1. The molecule has 1 heterocycles. The van der Waals surface area contributed by atoms with Crippen molar-refractivity contribution in [2.45, 2.75) is 26.4 Å². The Morgan fingerprint density at radius 2 is 2.06 bits per heavy atom. The second-order valence-corrected chi connectivity index (χ2v) is 5.04. The van der Waals surface area contributed by atoms with E-state index in [0.29, 0.717) is 5.69 Å². The molecule has 2 rings (SSSR count). The van der Waals surface area contributed by atoms with Gasteiger partial charge < -0.3 is 4.74 Å². The van der Waals surface area contributed by atoms with Crippen LogP contribution >= 0.6 is 0 Å². The molecule has 94 valence electrons. The van der Waals surface area contributed by atoms with Gasteiger partial charge in [-0.3, -0.25) is 10.3 Å². The van der Waals surface area contributed by atoms with Gasteiger partial charge in [-0.1, -0.05) is 6.07 Å². The van der Waals surface area contributed by atoms with Crippen molar-refractivity contribution in [1.82, 2.24) is 4.98 Å². The number of hydrogen-bond donors (Lipinski definition) is 1. The van der Waals surface area contributed by atoms with E-state index in [1.807, 2.05) is 45.0 Å². The summed E-state index contributed by atoms with van der Waals surface area (Å²) in [5.41, 5.74) is 1.10. The first-order valence-corrected chi connectivity index (χ1v) is 5.79. The standard InChI is InChI=1S/C14H16N2O2/c1-14(2,3)18-13(17)16-11-6-7-12-10(9-11)5-4-8-15-12/h4-9H,1-3H3,(H,16,17). The number of carbonyl (C=O) groups is 1. The fourth-order valence-electron chi connectivity index (χ4n) is 1.57. The maximum Gasteiger partial charge on any atom is 0.412 e. The van der Waals surface area contributed by atoms with Crippen LogP contribution in [0, 0.1) is 0 Å². The number of anilines is 1. The summed E-state index contributed by atoms with van der Waals surface area (Å²) in [5.74, 6) is 0. The van der Waals surface area contributed by atoms with Gasteiger partial charge in [0.25, 0.3) is 0 Å². The highest BCUT2D eigenvalue weighted by Gasteiger charge is 2.16. The lowest BCUT2D eigenvalue weighted by Crippen LogP contribution is -2.27. The molecule has 1 N–H and O–H groups in total. The smallest absolute Gasteiger partial charge is 0.412 e. The molecule has 4 nitrogen and oxygen atoms in total. The average Bonchev–Trinajstić information content (AvgIpc) is 2.26. The van der Waals surface area contributed by atoms with Crippen LogP contribution in [0.4, 0.5) is 10.5 Å². The molecule has 0 radical (unpaired) electrons. The monoisotopic (exact) mass is 244 g/mol. The molecule has 1 amide bonds. The van der Waals surface area contributed by atoms with Crippen molar-refractivity contribution >= 4 is 22.7 Å². The Bertz CT molecular complexity index is 573. The molecule has 0 aliphatic heterocycles. The Morgan fingerprint density at radius 1 is 1.28 bits per heavy atom. The Balaban J connectivity index is 2.15. The molecule has 0 aliphatic rings. The zero-order valence-corrected chi connectivity index (χ0v) is 10.7. The second-order valence-electron chi connectivity index (χ2n) is 5.04. The first-order valence-electron chi connectivity index (χ1n) is 5.79. The summed E-state index contributed by atoms with van der Waals surface area (Å²) in [6.07, 6.45) is 1.29.